The summed E-state index contributed by atoms with van der Waals surface area (Å²) in [6.07, 6.45) is 1.68. The molecule has 2 rings (SSSR count). The highest BCUT2D eigenvalue weighted by Gasteiger charge is 2.38. The molecule has 20 heavy (non-hydrogen) atoms. The SMILES string of the molecule is O=C(O)[C@@H]1CCCCN1S(=O)(=O)c1ccc(Br)cc1Cl. The zero-order valence-electron chi connectivity index (χ0n) is 10.4. The van der Waals surface area contributed by atoms with Crippen molar-refractivity contribution >= 4 is 43.5 Å². The largest absolute Gasteiger partial charge is 0.480 e. The maximum absolute atomic E-state index is 12.6. The number of nitrogens with zero attached hydrogens (tertiary/aromatic N) is 1. The number of benzene rings is 1. The van der Waals surface area contributed by atoms with Gasteiger partial charge in [0.1, 0.15) is 10.9 Å². The topological polar surface area (TPSA) is 74.7 Å². The number of carboxylic acid groups (broad SMARTS) is 1. The molecule has 1 fully saturated rings. The third-order valence-corrected chi connectivity index (χ3v) is 6.10. The molecule has 0 saturated carbocycles. The lowest BCUT2D eigenvalue weighted by molar-refractivity contribution is -0.142. The molecule has 0 aromatic heterocycles. The van der Waals surface area contributed by atoms with Crippen LogP contribution in [0.3, 0.4) is 0 Å². The summed E-state index contributed by atoms with van der Waals surface area (Å²) in [6.45, 7) is 0.200. The van der Waals surface area contributed by atoms with Crippen molar-refractivity contribution in [1.82, 2.24) is 4.31 Å². The lowest BCUT2D eigenvalue weighted by Crippen LogP contribution is -2.47. The molecular weight excluding hydrogens is 370 g/mol. The van der Waals surface area contributed by atoms with Gasteiger partial charge in [-0.1, -0.05) is 27.5 Å². The molecular formula is C12H13BrClNO4S. The smallest absolute Gasteiger partial charge is 0.322 e. The second kappa shape index (κ2) is 6.01. The van der Waals surface area contributed by atoms with Crippen LogP contribution in [0.25, 0.3) is 0 Å². The monoisotopic (exact) mass is 381 g/mol. The van der Waals surface area contributed by atoms with E-state index in [-0.39, 0.29) is 16.5 Å². The first-order valence-corrected chi connectivity index (χ1v) is 8.65. The fraction of sp³-hybridized carbons (Fsp3) is 0.417. The Morgan fingerprint density at radius 1 is 1.40 bits per heavy atom. The first-order valence-electron chi connectivity index (χ1n) is 6.04. The summed E-state index contributed by atoms with van der Waals surface area (Å²) in [5, 5.41) is 9.26. The number of hydrogen-bond acceptors (Lipinski definition) is 3. The summed E-state index contributed by atoms with van der Waals surface area (Å²) < 4.78 is 26.9. The molecule has 8 heteroatoms. The lowest BCUT2D eigenvalue weighted by atomic mass is 10.1. The molecule has 0 spiro atoms. The first kappa shape index (κ1) is 15.8. The molecule has 5 nitrogen and oxygen atoms in total. The van der Waals surface area contributed by atoms with Gasteiger partial charge in [-0.3, -0.25) is 4.79 Å². The van der Waals surface area contributed by atoms with Gasteiger partial charge in [-0.05, 0) is 37.5 Å². The molecule has 1 aliphatic heterocycles. The van der Waals surface area contributed by atoms with Crippen LogP contribution < -0.4 is 0 Å². The summed E-state index contributed by atoms with van der Waals surface area (Å²) in [5.74, 6) is -1.12. The van der Waals surface area contributed by atoms with Crippen molar-refractivity contribution < 1.29 is 18.3 Å². The quantitative estimate of drug-likeness (QED) is 0.872. The number of piperidine rings is 1. The molecule has 1 aliphatic rings. The fourth-order valence-corrected chi connectivity index (χ4v) is 4.91. The molecule has 1 atom stereocenters. The van der Waals surface area contributed by atoms with E-state index in [0.29, 0.717) is 23.7 Å². The highest BCUT2D eigenvalue weighted by molar-refractivity contribution is 9.10. The van der Waals surface area contributed by atoms with E-state index in [1.165, 1.54) is 12.1 Å². The van der Waals surface area contributed by atoms with Gasteiger partial charge in [0.25, 0.3) is 0 Å². The Kier molecular flexibility index (Phi) is 4.73. The van der Waals surface area contributed by atoms with Gasteiger partial charge in [0.2, 0.25) is 10.0 Å². The van der Waals surface area contributed by atoms with Gasteiger partial charge in [-0.25, -0.2) is 8.42 Å². The number of aliphatic carboxylic acids is 1. The van der Waals surface area contributed by atoms with Crippen molar-refractivity contribution in [3.05, 3.63) is 27.7 Å². The number of hydrogen-bond donors (Lipinski definition) is 1. The van der Waals surface area contributed by atoms with Gasteiger partial charge in [0, 0.05) is 11.0 Å². The van der Waals surface area contributed by atoms with Gasteiger partial charge in [0.05, 0.1) is 5.02 Å². The summed E-state index contributed by atoms with van der Waals surface area (Å²) >= 11 is 9.18. The molecule has 110 valence electrons. The van der Waals surface area contributed by atoms with Crippen LogP contribution in [0, 0.1) is 0 Å². The molecule has 1 saturated heterocycles. The van der Waals surface area contributed by atoms with Crippen molar-refractivity contribution in [2.45, 2.75) is 30.2 Å². The van der Waals surface area contributed by atoms with E-state index >= 15 is 0 Å². The second-order valence-corrected chi connectivity index (χ2v) is 7.72. The predicted molar refractivity (Wildman–Crippen MR) is 78.3 cm³/mol. The van der Waals surface area contributed by atoms with Gasteiger partial charge in [0.15, 0.2) is 0 Å². The van der Waals surface area contributed by atoms with E-state index in [2.05, 4.69) is 15.9 Å². The Labute approximate surface area is 130 Å². The number of sulfonamides is 1. The van der Waals surface area contributed by atoms with Crippen LogP contribution in [0.5, 0.6) is 0 Å². The standard InChI is InChI=1S/C12H13BrClNO4S/c13-8-4-5-11(9(14)7-8)20(18,19)15-6-2-1-3-10(15)12(16)17/h4-5,7,10H,1-3,6H2,(H,16,17)/t10-/m0/s1. The van der Waals surface area contributed by atoms with Crippen molar-refractivity contribution in [1.29, 1.82) is 0 Å². The zero-order chi connectivity index (χ0) is 14.9. The van der Waals surface area contributed by atoms with Crippen LogP contribution in [0.2, 0.25) is 5.02 Å². The summed E-state index contributed by atoms with van der Waals surface area (Å²) in [7, 11) is -3.90. The minimum absolute atomic E-state index is 0.0597. The van der Waals surface area contributed by atoms with Crippen molar-refractivity contribution in [3.8, 4) is 0 Å². The van der Waals surface area contributed by atoms with E-state index < -0.39 is 22.0 Å². The molecule has 0 unspecified atom stereocenters. The van der Waals surface area contributed by atoms with Crippen LogP contribution in [-0.2, 0) is 14.8 Å². The zero-order valence-corrected chi connectivity index (χ0v) is 13.6. The molecule has 0 aliphatic carbocycles. The Morgan fingerprint density at radius 2 is 2.10 bits per heavy atom. The summed E-state index contributed by atoms with van der Waals surface area (Å²) in [6, 6.07) is 3.41. The third-order valence-electron chi connectivity index (χ3n) is 3.22. The predicted octanol–water partition coefficient (Wildman–Crippen LogP) is 2.73. The van der Waals surface area contributed by atoms with Crippen LogP contribution in [0.1, 0.15) is 19.3 Å². The molecule has 1 heterocycles. The number of carboxylic acids is 1. The highest BCUT2D eigenvalue weighted by Crippen LogP contribution is 2.31. The fourth-order valence-electron chi connectivity index (χ4n) is 2.25. The number of rotatable bonds is 3. The normalized spacial score (nSPS) is 20.8. The Hall–Kier alpha value is -0.630. The van der Waals surface area contributed by atoms with Crippen molar-refractivity contribution in [2.75, 3.05) is 6.54 Å². The molecule has 1 N–H and O–H groups in total. The maximum atomic E-state index is 12.6. The van der Waals surface area contributed by atoms with Crippen molar-refractivity contribution in [3.63, 3.8) is 0 Å². The van der Waals surface area contributed by atoms with E-state index in [1.807, 2.05) is 0 Å². The molecule has 1 aromatic carbocycles. The minimum atomic E-state index is -3.90. The van der Waals surface area contributed by atoms with Crippen LogP contribution in [0.4, 0.5) is 0 Å². The van der Waals surface area contributed by atoms with Crippen LogP contribution >= 0.6 is 27.5 Å². The number of carbonyl (C=O) groups is 1. The molecule has 0 radical (unpaired) electrons. The van der Waals surface area contributed by atoms with Crippen LogP contribution in [0.15, 0.2) is 27.6 Å². The molecule has 1 aromatic rings. The van der Waals surface area contributed by atoms with Crippen molar-refractivity contribution in [2.24, 2.45) is 0 Å². The Balaban J connectivity index is 2.45. The van der Waals surface area contributed by atoms with Gasteiger partial charge in [-0.2, -0.15) is 4.31 Å². The first-order chi connectivity index (χ1) is 9.34. The average Bonchev–Trinajstić information content (AvgIpc) is 2.38. The Bertz CT molecular complexity index is 634. The number of halogens is 2. The van der Waals surface area contributed by atoms with E-state index in [4.69, 9.17) is 11.6 Å². The Morgan fingerprint density at radius 3 is 2.70 bits per heavy atom. The van der Waals surface area contributed by atoms with E-state index in [9.17, 15) is 18.3 Å². The van der Waals surface area contributed by atoms with Crippen LogP contribution in [-0.4, -0.2) is 36.4 Å². The summed E-state index contributed by atoms with van der Waals surface area (Å²) in [4.78, 5) is 11.2. The molecule has 0 amide bonds. The second-order valence-electron chi connectivity index (χ2n) is 4.54. The average molecular weight is 383 g/mol. The lowest BCUT2D eigenvalue weighted by Gasteiger charge is -2.32. The van der Waals surface area contributed by atoms with Gasteiger partial charge >= 0.3 is 5.97 Å². The molecule has 0 bridgehead atoms. The van der Waals surface area contributed by atoms with Gasteiger partial charge in [-0.15, -0.1) is 0 Å². The third kappa shape index (κ3) is 3.00. The minimum Gasteiger partial charge on any atom is -0.480 e. The highest BCUT2D eigenvalue weighted by atomic mass is 79.9. The maximum Gasteiger partial charge on any atom is 0.322 e. The van der Waals surface area contributed by atoms with E-state index in [0.717, 1.165) is 4.31 Å². The van der Waals surface area contributed by atoms with Gasteiger partial charge < -0.3 is 5.11 Å². The summed E-state index contributed by atoms with van der Waals surface area (Å²) in [5.41, 5.74) is 0. The van der Waals surface area contributed by atoms with E-state index in [1.54, 1.807) is 6.07 Å².